The van der Waals surface area contributed by atoms with Gasteiger partial charge in [0, 0.05) is 13.1 Å². The molecule has 0 amide bonds. The van der Waals surface area contributed by atoms with Crippen LogP contribution < -0.4 is 0 Å². The normalized spacial score (nSPS) is 17.2. The smallest absolute Gasteiger partial charge is 0.233 e. The molecule has 4 nitrogen and oxygen atoms in total. The summed E-state index contributed by atoms with van der Waals surface area (Å²) in [7, 11) is 2.07. The molecule has 0 saturated carbocycles. The maximum absolute atomic E-state index is 7.97. The molecule has 0 saturated heterocycles. The Morgan fingerprint density at radius 3 is 2.89 bits per heavy atom. The summed E-state index contributed by atoms with van der Waals surface area (Å²) >= 11 is 3.98. The van der Waals surface area contributed by atoms with Crippen LogP contribution in [0.3, 0.4) is 0 Å². The van der Waals surface area contributed by atoms with Crippen LogP contribution in [0, 0.1) is 5.41 Å². The zero-order valence-electron chi connectivity index (χ0n) is 12.0. The molecule has 1 aliphatic heterocycles. The van der Waals surface area contributed by atoms with Gasteiger partial charge < -0.3 is 9.64 Å². The fourth-order valence-corrected chi connectivity index (χ4v) is 2.31. The molecule has 1 rings (SSSR count). The highest BCUT2D eigenvalue weighted by molar-refractivity contribution is 7.79. The first-order valence-corrected chi connectivity index (χ1v) is 7.40. The lowest BCUT2D eigenvalue weighted by atomic mass is 10.1. The molecule has 19 heavy (non-hydrogen) atoms. The van der Waals surface area contributed by atoms with Crippen molar-refractivity contribution in [2.24, 2.45) is 4.40 Å². The molecule has 108 valence electrons. The van der Waals surface area contributed by atoms with Gasteiger partial charge >= 0.3 is 0 Å². The van der Waals surface area contributed by atoms with Crippen molar-refractivity contribution in [1.82, 2.24) is 4.90 Å². The van der Waals surface area contributed by atoms with E-state index in [1.165, 1.54) is 12.8 Å². The minimum Gasteiger partial charge on any atom is -0.477 e. The lowest BCUT2D eigenvalue weighted by molar-refractivity contribution is 0.295. The molecule has 1 aliphatic rings. The Hall–Kier alpha value is -0.810. The second-order valence-electron chi connectivity index (χ2n) is 4.94. The topological polar surface area (TPSA) is 48.7 Å². The molecule has 0 bridgehead atoms. The fourth-order valence-electron chi connectivity index (χ4n) is 2.09. The molecule has 1 heterocycles. The van der Waals surface area contributed by atoms with Crippen LogP contribution in [0.5, 0.6) is 0 Å². The molecule has 0 aromatic rings. The number of likely N-dealkylation sites (N-methyl/N-ethyl adjacent to an activating group) is 1. The fraction of sp³-hybridized carbons (Fsp3) is 0.714. The second-order valence-corrected chi connectivity index (χ2v) is 5.14. The van der Waals surface area contributed by atoms with Crippen LogP contribution in [0.4, 0.5) is 0 Å². The highest BCUT2D eigenvalue weighted by Crippen LogP contribution is 2.12. The predicted octanol–water partition coefficient (Wildman–Crippen LogP) is 3.11. The molecule has 0 aliphatic carbocycles. The summed E-state index contributed by atoms with van der Waals surface area (Å²) in [5.41, 5.74) is 1.62. The first-order valence-electron chi connectivity index (χ1n) is 7.00. The molecule has 0 spiro atoms. The minimum atomic E-state index is 0.146. The van der Waals surface area contributed by atoms with E-state index in [0.29, 0.717) is 12.3 Å². The summed E-state index contributed by atoms with van der Waals surface area (Å²) in [5, 5.41) is 7.97. The van der Waals surface area contributed by atoms with Gasteiger partial charge in [0.15, 0.2) is 0 Å². The van der Waals surface area contributed by atoms with E-state index in [4.69, 9.17) is 10.1 Å². The summed E-state index contributed by atoms with van der Waals surface area (Å²) in [6, 6.07) is 0. The predicted molar refractivity (Wildman–Crippen MR) is 84.4 cm³/mol. The van der Waals surface area contributed by atoms with E-state index < -0.39 is 0 Å². The van der Waals surface area contributed by atoms with Gasteiger partial charge in [-0.25, -0.2) is 4.40 Å². The SMILES string of the molecule is CCCCCCOC(=N)/C(=N\S)C1=CCCN(C)C1. The lowest BCUT2D eigenvalue weighted by Gasteiger charge is -2.23. The molecule has 0 radical (unpaired) electrons. The maximum atomic E-state index is 7.97. The second kappa shape index (κ2) is 9.15. The number of hydrogen-bond acceptors (Lipinski definition) is 5. The van der Waals surface area contributed by atoms with E-state index >= 15 is 0 Å². The number of ether oxygens (including phenoxy) is 1. The molecule has 0 fully saturated rings. The third-order valence-electron chi connectivity index (χ3n) is 3.21. The number of thiol groups is 1. The van der Waals surface area contributed by atoms with E-state index in [-0.39, 0.29) is 5.90 Å². The lowest BCUT2D eigenvalue weighted by Crippen LogP contribution is -2.31. The minimum absolute atomic E-state index is 0.146. The molecule has 0 aromatic carbocycles. The first-order chi connectivity index (χ1) is 9.19. The van der Waals surface area contributed by atoms with Gasteiger partial charge in [-0.15, -0.1) is 0 Å². The molecule has 0 unspecified atom stereocenters. The van der Waals surface area contributed by atoms with Gasteiger partial charge in [-0.2, -0.15) is 0 Å². The Labute approximate surface area is 122 Å². The van der Waals surface area contributed by atoms with E-state index in [2.05, 4.69) is 42.2 Å². The Balaban J connectivity index is 2.42. The molecular weight excluding hydrogens is 258 g/mol. The number of rotatable bonds is 7. The molecule has 5 heteroatoms. The Bertz CT molecular complexity index is 353. The summed E-state index contributed by atoms with van der Waals surface area (Å²) in [6.07, 6.45) is 7.70. The van der Waals surface area contributed by atoms with E-state index in [1.807, 2.05) is 0 Å². The van der Waals surface area contributed by atoms with Crippen LogP contribution in [0.25, 0.3) is 0 Å². The van der Waals surface area contributed by atoms with E-state index in [9.17, 15) is 0 Å². The van der Waals surface area contributed by atoms with E-state index in [1.54, 1.807) is 0 Å². The third kappa shape index (κ3) is 5.78. The summed E-state index contributed by atoms with van der Waals surface area (Å²) < 4.78 is 9.40. The largest absolute Gasteiger partial charge is 0.477 e. The quantitative estimate of drug-likeness (QED) is 0.326. The van der Waals surface area contributed by atoms with Gasteiger partial charge in [-0.1, -0.05) is 32.3 Å². The number of nitrogens with zero attached hydrogens (tertiary/aromatic N) is 2. The highest BCUT2D eigenvalue weighted by atomic mass is 32.1. The van der Waals surface area contributed by atoms with Crippen LogP contribution in [0.2, 0.25) is 0 Å². The summed E-state index contributed by atoms with van der Waals surface area (Å²) in [5.74, 6) is 0.146. The van der Waals surface area contributed by atoms with Crippen molar-refractivity contribution in [2.45, 2.75) is 39.0 Å². The van der Waals surface area contributed by atoms with Crippen molar-refractivity contribution in [3.05, 3.63) is 11.6 Å². The van der Waals surface area contributed by atoms with Crippen molar-refractivity contribution in [3.63, 3.8) is 0 Å². The molecule has 0 aromatic heterocycles. The standard InChI is InChI=1S/C14H25N3OS/c1-3-4-5-6-10-18-14(15)13(16-19)12-8-7-9-17(2)11-12/h8,15,19H,3-7,9-11H2,1-2H3/b15-14?,16-13-. The molecule has 0 atom stereocenters. The zero-order chi connectivity index (χ0) is 14.1. The van der Waals surface area contributed by atoms with Crippen LogP contribution in [-0.4, -0.2) is 43.3 Å². The monoisotopic (exact) mass is 283 g/mol. The molecular formula is C14H25N3OS. The van der Waals surface area contributed by atoms with Gasteiger partial charge in [0.05, 0.1) is 6.61 Å². The van der Waals surface area contributed by atoms with Crippen LogP contribution in [0.1, 0.15) is 39.0 Å². The van der Waals surface area contributed by atoms with Crippen molar-refractivity contribution in [2.75, 3.05) is 26.7 Å². The van der Waals surface area contributed by atoms with Crippen LogP contribution in [-0.2, 0) is 4.74 Å². The van der Waals surface area contributed by atoms with Crippen molar-refractivity contribution in [3.8, 4) is 0 Å². The number of hydrogen-bond donors (Lipinski definition) is 2. The van der Waals surface area contributed by atoms with E-state index in [0.717, 1.165) is 37.9 Å². The van der Waals surface area contributed by atoms with Crippen molar-refractivity contribution < 1.29 is 4.74 Å². The van der Waals surface area contributed by atoms with Gasteiger partial charge in [-0.3, -0.25) is 5.41 Å². The van der Waals surface area contributed by atoms with Gasteiger partial charge in [0.25, 0.3) is 0 Å². The first kappa shape index (κ1) is 16.2. The number of nitrogens with one attached hydrogen (secondary N) is 1. The number of unbranched alkanes of at least 4 members (excludes halogenated alkanes) is 3. The molecule has 1 N–H and O–H groups in total. The Kier molecular flexibility index (Phi) is 7.82. The van der Waals surface area contributed by atoms with Crippen LogP contribution in [0.15, 0.2) is 16.0 Å². The van der Waals surface area contributed by atoms with Gasteiger partial charge in [0.2, 0.25) is 5.90 Å². The Morgan fingerprint density at radius 2 is 2.26 bits per heavy atom. The van der Waals surface area contributed by atoms with Crippen LogP contribution >= 0.6 is 12.8 Å². The average molecular weight is 283 g/mol. The highest BCUT2D eigenvalue weighted by Gasteiger charge is 2.18. The van der Waals surface area contributed by atoms with Gasteiger partial charge in [0.1, 0.15) is 5.71 Å². The average Bonchev–Trinajstić information content (AvgIpc) is 2.39. The van der Waals surface area contributed by atoms with Crippen molar-refractivity contribution >= 4 is 24.4 Å². The van der Waals surface area contributed by atoms with Gasteiger partial charge in [-0.05, 0) is 38.3 Å². The van der Waals surface area contributed by atoms with Crippen molar-refractivity contribution in [1.29, 1.82) is 5.41 Å². The Morgan fingerprint density at radius 1 is 1.47 bits per heavy atom. The zero-order valence-corrected chi connectivity index (χ0v) is 12.9. The third-order valence-corrected chi connectivity index (χ3v) is 3.41. The maximum Gasteiger partial charge on any atom is 0.233 e. The summed E-state index contributed by atoms with van der Waals surface area (Å²) in [6.45, 7) is 4.63. The summed E-state index contributed by atoms with van der Waals surface area (Å²) in [4.78, 5) is 2.21.